The molecule has 1 aliphatic rings. The van der Waals surface area contributed by atoms with Gasteiger partial charge in [0.15, 0.2) is 0 Å². The van der Waals surface area contributed by atoms with Crippen molar-refractivity contribution in [3.63, 3.8) is 0 Å². The minimum Gasteiger partial charge on any atom is -0.384 e. The molecular formula is C23H19F3N4O. The number of nitrogens with one attached hydrogen (secondary N) is 2. The molecule has 0 spiro atoms. The molecule has 5 nitrogen and oxygen atoms in total. The van der Waals surface area contributed by atoms with Gasteiger partial charge in [-0.05, 0) is 42.0 Å². The molecular weight excluding hydrogens is 405 g/mol. The zero-order valence-corrected chi connectivity index (χ0v) is 16.4. The van der Waals surface area contributed by atoms with E-state index in [2.05, 4.69) is 20.6 Å². The number of benzene rings is 2. The van der Waals surface area contributed by atoms with Crippen molar-refractivity contribution in [2.75, 3.05) is 17.2 Å². The highest BCUT2D eigenvalue weighted by atomic mass is 19.4. The van der Waals surface area contributed by atoms with Crippen molar-refractivity contribution in [1.82, 2.24) is 4.98 Å². The van der Waals surface area contributed by atoms with Crippen LogP contribution in [0.3, 0.4) is 0 Å². The molecule has 0 radical (unpaired) electrons. The normalized spacial score (nSPS) is 15.7. The summed E-state index contributed by atoms with van der Waals surface area (Å²) in [6, 6.07) is 16.4. The highest BCUT2D eigenvalue weighted by Crippen LogP contribution is 2.37. The summed E-state index contributed by atoms with van der Waals surface area (Å²) in [5.74, 6) is -0.893. The second-order valence-corrected chi connectivity index (χ2v) is 7.06. The Labute approximate surface area is 177 Å². The molecule has 2 aromatic carbocycles. The monoisotopic (exact) mass is 424 g/mol. The molecule has 0 saturated heterocycles. The standard InChI is InChI=1S/C23H19F3N4O/c24-23(25,26)19-13-16(8-9-21(19)28-12-10-15-5-3-4-11-27-15)29-14-18-17-6-1-2-7-20(17)30-22(18)31/h1-9,11,13-14,18,28H,10,12H2,(H,30,31). The highest BCUT2D eigenvalue weighted by Gasteiger charge is 2.34. The van der Waals surface area contributed by atoms with Crippen LogP contribution in [0.4, 0.5) is 30.2 Å². The van der Waals surface area contributed by atoms with Gasteiger partial charge in [0.25, 0.3) is 0 Å². The summed E-state index contributed by atoms with van der Waals surface area (Å²) in [4.78, 5) is 20.5. The van der Waals surface area contributed by atoms with Crippen molar-refractivity contribution in [1.29, 1.82) is 0 Å². The minimum absolute atomic E-state index is 0.0219. The number of aliphatic imine (C=N–C) groups is 1. The van der Waals surface area contributed by atoms with E-state index in [1.165, 1.54) is 18.3 Å². The van der Waals surface area contributed by atoms with Gasteiger partial charge in [0.05, 0.1) is 11.3 Å². The maximum Gasteiger partial charge on any atom is 0.418 e. The van der Waals surface area contributed by atoms with Crippen LogP contribution in [0.2, 0.25) is 0 Å². The topological polar surface area (TPSA) is 66.4 Å². The highest BCUT2D eigenvalue weighted by molar-refractivity contribution is 6.12. The molecule has 1 aromatic heterocycles. The fourth-order valence-corrected chi connectivity index (χ4v) is 3.41. The number of fused-ring (bicyclic) bond motifs is 1. The number of halogens is 3. The van der Waals surface area contributed by atoms with Crippen molar-refractivity contribution in [2.45, 2.75) is 18.5 Å². The van der Waals surface area contributed by atoms with Crippen LogP contribution in [-0.2, 0) is 17.4 Å². The lowest BCUT2D eigenvalue weighted by Crippen LogP contribution is -2.13. The SMILES string of the molecule is O=C1Nc2ccccc2C1C=Nc1ccc(NCCc2ccccn2)c(C(F)(F)F)c1. The zero-order valence-electron chi connectivity index (χ0n) is 16.4. The number of hydrogen-bond acceptors (Lipinski definition) is 4. The Bertz CT molecular complexity index is 1110. The maximum atomic E-state index is 13.6. The van der Waals surface area contributed by atoms with Gasteiger partial charge in [0.1, 0.15) is 5.92 Å². The number of hydrogen-bond donors (Lipinski definition) is 2. The molecule has 158 valence electrons. The summed E-state index contributed by atoms with van der Waals surface area (Å²) in [6.45, 7) is 0.307. The molecule has 3 aromatic rings. The molecule has 4 rings (SSSR count). The molecule has 0 fully saturated rings. The number of nitrogens with zero attached hydrogens (tertiary/aromatic N) is 2. The summed E-state index contributed by atoms with van der Waals surface area (Å²) in [7, 11) is 0. The Morgan fingerprint density at radius 1 is 1.10 bits per heavy atom. The third-order valence-electron chi connectivity index (χ3n) is 4.94. The Morgan fingerprint density at radius 3 is 2.68 bits per heavy atom. The largest absolute Gasteiger partial charge is 0.418 e. The smallest absolute Gasteiger partial charge is 0.384 e. The number of carbonyl (C=O) groups is 1. The van der Waals surface area contributed by atoms with Gasteiger partial charge in [0, 0.05) is 42.4 Å². The Balaban J connectivity index is 1.52. The zero-order chi connectivity index (χ0) is 21.8. The first-order chi connectivity index (χ1) is 14.9. The number of alkyl halides is 3. The summed E-state index contributed by atoms with van der Waals surface area (Å²) in [5.41, 5.74) is 1.53. The molecule has 8 heteroatoms. The maximum absolute atomic E-state index is 13.6. The third-order valence-corrected chi connectivity index (χ3v) is 4.94. The number of anilines is 2. The molecule has 0 saturated carbocycles. The lowest BCUT2D eigenvalue weighted by molar-refractivity contribution is -0.137. The van der Waals surface area contributed by atoms with Crippen molar-refractivity contribution in [2.24, 2.45) is 4.99 Å². The van der Waals surface area contributed by atoms with Gasteiger partial charge >= 0.3 is 6.18 Å². The van der Waals surface area contributed by atoms with Crippen LogP contribution < -0.4 is 10.6 Å². The lowest BCUT2D eigenvalue weighted by Gasteiger charge is -2.15. The second kappa shape index (κ2) is 8.59. The van der Waals surface area contributed by atoms with E-state index in [4.69, 9.17) is 0 Å². The Hall–Kier alpha value is -3.68. The van der Waals surface area contributed by atoms with Gasteiger partial charge in [-0.2, -0.15) is 13.2 Å². The van der Waals surface area contributed by atoms with Crippen LogP contribution in [0.1, 0.15) is 22.7 Å². The lowest BCUT2D eigenvalue weighted by atomic mass is 10.0. The first-order valence-electron chi connectivity index (χ1n) is 9.71. The molecule has 0 bridgehead atoms. The molecule has 31 heavy (non-hydrogen) atoms. The van der Waals surface area contributed by atoms with Gasteiger partial charge in [-0.1, -0.05) is 24.3 Å². The first kappa shape index (κ1) is 20.6. The molecule has 2 heterocycles. The van der Waals surface area contributed by atoms with E-state index in [0.29, 0.717) is 18.7 Å². The number of amides is 1. The van der Waals surface area contributed by atoms with Crippen molar-refractivity contribution in [3.05, 3.63) is 83.7 Å². The van der Waals surface area contributed by atoms with E-state index < -0.39 is 17.7 Å². The van der Waals surface area contributed by atoms with Crippen LogP contribution >= 0.6 is 0 Å². The van der Waals surface area contributed by atoms with Crippen molar-refractivity contribution >= 4 is 29.2 Å². The number of aromatic nitrogens is 1. The van der Waals surface area contributed by atoms with Crippen LogP contribution in [0.5, 0.6) is 0 Å². The average molecular weight is 424 g/mol. The molecule has 1 atom stereocenters. The van der Waals surface area contributed by atoms with Gasteiger partial charge in [-0.25, -0.2) is 0 Å². The summed E-state index contributed by atoms with van der Waals surface area (Å²) < 4.78 is 40.8. The average Bonchev–Trinajstić information content (AvgIpc) is 3.08. The van der Waals surface area contributed by atoms with Crippen LogP contribution in [0.25, 0.3) is 0 Å². The fraction of sp³-hybridized carbons (Fsp3) is 0.174. The summed E-state index contributed by atoms with van der Waals surface area (Å²) in [6.07, 6.45) is -1.03. The van der Waals surface area contributed by atoms with Crippen LogP contribution in [0.15, 0.2) is 71.9 Å². The van der Waals surface area contributed by atoms with Gasteiger partial charge in [0.2, 0.25) is 5.91 Å². The van der Waals surface area contributed by atoms with E-state index >= 15 is 0 Å². The quantitative estimate of drug-likeness (QED) is 0.535. The first-order valence-corrected chi connectivity index (χ1v) is 9.71. The predicted octanol–water partition coefficient (Wildman–Crippen LogP) is 5.19. The molecule has 0 aliphatic carbocycles. The van der Waals surface area contributed by atoms with Gasteiger partial charge in [-0.15, -0.1) is 0 Å². The molecule has 2 N–H and O–H groups in total. The predicted molar refractivity (Wildman–Crippen MR) is 114 cm³/mol. The van der Waals surface area contributed by atoms with Gasteiger partial charge < -0.3 is 10.6 Å². The number of rotatable bonds is 6. The Morgan fingerprint density at radius 2 is 1.90 bits per heavy atom. The Kier molecular flexibility index (Phi) is 5.70. The van der Waals surface area contributed by atoms with Gasteiger partial charge in [-0.3, -0.25) is 14.8 Å². The van der Waals surface area contributed by atoms with E-state index in [-0.39, 0.29) is 17.3 Å². The van der Waals surface area contributed by atoms with Crippen LogP contribution in [-0.4, -0.2) is 23.7 Å². The van der Waals surface area contributed by atoms with Crippen molar-refractivity contribution < 1.29 is 18.0 Å². The molecule has 1 aliphatic heterocycles. The minimum atomic E-state index is -4.55. The van der Waals surface area contributed by atoms with Crippen LogP contribution in [0, 0.1) is 0 Å². The van der Waals surface area contributed by atoms with E-state index in [1.54, 1.807) is 36.5 Å². The van der Waals surface area contributed by atoms with E-state index in [9.17, 15) is 18.0 Å². The summed E-state index contributed by atoms with van der Waals surface area (Å²) >= 11 is 0. The fourth-order valence-electron chi connectivity index (χ4n) is 3.41. The van der Waals surface area contributed by atoms with E-state index in [0.717, 1.165) is 17.3 Å². The third kappa shape index (κ3) is 4.74. The summed E-state index contributed by atoms with van der Waals surface area (Å²) in [5, 5.41) is 5.58. The number of pyridine rings is 1. The second-order valence-electron chi connectivity index (χ2n) is 7.06. The van der Waals surface area contributed by atoms with E-state index in [1.807, 2.05) is 12.1 Å². The number of para-hydroxylation sites is 1. The molecule has 1 amide bonds. The molecule has 1 unspecified atom stereocenters. The van der Waals surface area contributed by atoms with Crippen molar-refractivity contribution in [3.8, 4) is 0 Å². The number of carbonyl (C=O) groups excluding carboxylic acids is 1.